The fourth-order valence-electron chi connectivity index (χ4n) is 9.29. The Balaban J connectivity index is 1.23. The monoisotopic (exact) mass is 566 g/mol. The van der Waals surface area contributed by atoms with E-state index >= 15 is 0 Å². The van der Waals surface area contributed by atoms with E-state index in [9.17, 15) is 10.2 Å². The Morgan fingerprint density at radius 3 is 2.10 bits per heavy atom. The average molecular weight is 567 g/mol. The lowest BCUT2D eigenvalue weighted by Gasteiger charge is -2.57. The fraction of sp³-hybridized carbons (Fsp3) is 0.771. The summed E-state index contributed by atoms with van der Waals surface area (Å²) in [6.07, 6.45) is 6.09. The molecule has 3 saturated carbocycles. The summed E-state index contributed by atoms with van der Waals surface area (Å²) >= 11 is 0. The Morgan fingerprint density at radius 1 is 0.780 bits per heavy atom. The van der Waals surface area contributed by atoms with E-state index in [0.29, 0.717) is 44.7 Å². The van der Waals surface area contributed by atoms with Gasteiger partial charge in [0, 0.05) is 35.2 Å². The third kappa shape index (κ3) is 4.76. The number of aliphatic hydroxyl groups excluding tert-OH is 1. The summed E-state index contributed by atoms with van der Waals surface area (Å²) in [5.41, 5.74) is 4.06. The normalized spacial score (nSPS) is 41.5. The van der Waals surface area contributed by atoms with Crippen LogP contribution in [0.5, 0.6) is 0 Å². The topological polar surface area (TPSA) is 77.4 Å². The van der Waals surface area contributed by atoms with Gasteiger partial charge in [0.25, 0.3) is 0 Å². The van der Waals surface area contributed by atoms with Crippen LogP contribution in [0.25, 0.3) is 0 Å². The van der Waals surface area contributed by atoms with Gasteiger partial charge in [0.2, 0.25) is 0 Å². The molecule has 41 heavy (non-hydrogen) atoms. The summed E-state index contributed by atoms with van der Waals surface area (Å²) in [7, 11) is 0. The second-order valence-corrected chi connectivity index (χ2v) is 16.2. The predicted octanol–water partition coefficient (Wildman–Crippen LogP) is 6.41. The van der Waals surface area contributed by atoms with Crippen LogP contribution in [-0.4, -0.2) is 54.1 Å². The van der Waals surface area contributed by atoms with Crippen LogP contribution in [0, 0.1) is 28.1 Å². The zero-order valence-electron chi connectivity index (χ0n) is 25.7. The molecule has 0 radical (unpaired) electrons. The number of hydrogen-bond acceptors (Lipinski definition) is 6. The van der Waals surface area contributed by atoms with E-state index in [-0.39, 0.29) is 34.6 Å². The van der Waals surface area contributed by atoms with Crippen molar-refractivity contribution in [3.63, 3.8) is 0 Å². The number of allylic oxidation sites excluding steroid dienone is 1. The molecule has 2 aliphatic heterocycles. The van der Waals surface area contributed by atoms with Gasteiger partial charge in [-0.2, -0.15) is 0 Å². The van der Waals surface area contributed by atoms with Gasteiger partial charge in [0.15, 0.2) is 12.1 Å². The van der Waals surface area contributed by atoms with Crippen molar-refractivity contribution in [2.45, 2.75) is 116 Å². The van der Waals surface area contributed by atoms with Crippen LogP contribution in [0.3, 0.4) is 0 Å². The van der Waals surface area contributed by atoms with E-state index < -0.39 is 11.4 Å². The predicted molar refractivity (Wildman–Crippen MR) is 156 cm³/mol. The molecule has 0 aromatic heterocycles. The highest BCUT2D eigenvalue weighted by atomic mass is 16.7. The lowest BCUT2D eigenvalue weighted by Crippen LogP contribution is -2.57. The molecule has 6 nitrogen and oxygen atoms in total. The molecule has 1 spiro atoms. The van der Waals surface area contributed by atoms with Gasteiger partial charge in [-0.1, -0.05) is 64.5 Å². The van der Waals surface area contributed by atoms with Crippen molar-refractivity contribution < 1.29 is 29.2 Å². The van der Waals surface area contributed by atoms with Gasteiger partial charge < -0.3 is 29.2 Å². The molecule has 2 heterocycles. The molecule has 1 aromatic carbocycles. The minimum absolute atomic E-state index is 0.00255. The second kappa shape index (κ2) is 9.61. The highest BCUT2D eigenvalue weighted by molar-refractivity contribution is 5.44. The van der Waals surface area contributed by atoms with Crippen molar-refractivity contribution in [3.8, 4) is 0 Å². The van der Waals surface area contributed by atoms with Crippen LogP contribution in [0.4, 0.5) is 0 Å². The van der Waals surface area contributed by atoms with Crippen molar-refractivity contribution in [1.82, 2.24) is 0 Å². The first-order valence-electron chi connectivity index (χ1n) is 16.1. The average Bonchev–Trinajstić information content (AvgIpc) is 3.23. The number of fused-ring (bicyclic) bond motifs is 4. The quantitative estimate of drug-likeness (QED) is 0.403. The van der Waals surface area contributed by atoms with Crippen LogP contribution >= 0.6 is 0 Å². The minimum Gasteiger partial charge on any atom is -0.393 e. The SMILES string of the molecule is CC1(C)COC(c2ccc([C@H]3C[C@]4(C)[C@@H](O)CC[C@H]4[C@@H]4CC[C@@]5(O)CC6(CCC5=C43)OCC(C)(C)CO6)cc2)OC1. The van der Waals surface area contributed by atoms with Crippen molar-refractivity contribution in [2.24, 2.45) is 28.1 Å². The number of rotatable bonds is 2. The summed E-state index contributed by atoms with van der Waals surface area (Å²) in [4.78, 5) is 0. The minimum atomic E-state index is -0.898. The van der Waals surface area contributed by atoms with Crippen molar-refractivity contribution in [1.29, 1.82) is 0 Å². The van der Waals surface area contributed by atoms with Gasteiger partial charge in [-0.3, -0.25) is 0 Å². The third-order valence-corrected chi connectivity index (χ3v) is 11.7. The molecule has 0 unspecified atom stereocenters. The molecule has 1 aromatic rings. The first-order chi connectivity index (χ1) is 19.3. The summed E-state index contributed by atoms with van der Waals surface area (Å²) in [5, 5.41) is 23.6. The largest absolute Gasteiger partial charge is 0.393 e. The van der Waals surface area contributed by atoms with Crippen LogP contribution in [0.15, 0.2) is 35.4 Å². The Bertz CT molecular complexity index is 1180. The number of ether oxygens (including phenoxy) is 4. The summed E-state index contributed by atoms with van der Waals surface area (Å²) in [6.45, 7) is 13.7. The second-order valence-electron chi connectivity index (χ2n) is 16.2. The van der Waals surface area contributed by atoms with Gasteiger partial charge in [-0.05, 0) is 66.9 Å². The molecule has 226 valence electrons. The number of benzene rings is 1. The Hall–Kier alpha value is -1.28. The molecule has 6 aliphatic rings. The number of hydrogen-bond donors (Lipinski definition) is 2. The smallest absolute Gasteiger partial charge is 0.183 e. The fourth-order valence-corrected chi connectivity index (χ4v) is 9.29. The maximum atomic E-state index is 12.4. The van der Waals surface area contributed by atoms with Crippen LogP contribution < -0.4 is 0 Å². The summed E-state index contributed by atoms with van der Waals surface area (Å²) in [6, 6.07) is 8.81. The first-order valence-corrected chi connectivity index (χ1v) is 16.1. The molecular formula is C35H50O6. The van der Waals surface area contributed by atoms with E-state index in [1.807, 2.05) is 0 Å². The molecule has 2 saturated heterocycles. The van der Waals surface area contributed by atoms with Gasteiger partial charge in [-0.15, -0.1) is 0 Å². The van der Waals surface area contributed by atoms with E-state index in [4.69, 9.17) is 18.9 Å². The van der Waals surface area contributed by atoms with Gasteiger partial charge in [-0.25, -0.2) is 0 Å². The third-order valence-electron chi connectivity index (χ3n) is 11.7. The van der Waals surface area contributed by atoms with Crippen LogP contribution in [-0.2, 0) is 18.9 Å². The van der Waals surface area contributed by atoms with Crippen molar-refractivity contribution in [2.75, 3.05) is 26.4 Å². The zero-order chi connectivity index (χ0) is 28.8. The molecule has 5 fully saturated rings. The molecule has 0 amide bonds. The zero-order valence-corrected chi connectivity index (χ0v) is 25.7. The maximum absolute atomic E-state index is 12.4. The van der Waals surface area contributed by atoms with Crippen molar-refractivity contribution in [3.05, 3.63) is 46.5 Å². The molecule has 6 heteroatoms. The lowest BCUT2D eigenvalue weighted by molar-refractivity contribution is -0.322. The van der Waals surface area contributed by atoms with Crippen LogP contribution in [0.1, 0.15) is 109 Å². The van der Waals surface area contributed by atoms with E-state index in [2.05, 4.69) is 58.9 Å². The highest BCUT2D eigenvalue weighted by Gasteiger charge is 2.60. The molecule has 4 aliphatic carbocycles. The summed E-state index contributed by atoms with van der Waals surface area (Å²) < 4.78 is 24.9. The highest BCUT2D eigenvalue weighted by Crippen LogP contribution is 2.65. The van der Waals surface area contributed by atoms with E-state index in [0.717, 1.165) is 50.5 Å². The first kappa shape index (κ1) is 28.5. The molecule has 2 N–H and O–H groups in total. The molecule has 0 bridgehead atoms. The van der Waals surface area contributed by atoms with Crippen molar-refractivity contribution >= 4 is 0 Å². The molecule has 7 rings (SSSR count). The standard InChI is InChI=1S/C35H50O6/c1-31(2)18-38-30(39-19-31)23-8-6-22(7-9-23)25-16-33(5)26(10-11-28(33)36)24-12-14-34(37)17-35(15-13-27(34)29(24)25)40-20-32(3,4)21-41-35/h6-9,24-26,28,30,36-37H,10-21H2,1-5H3/t24-,25+,26-,28-,33-,34+/m0/s1. The van der Waals surface area contributed by atoms with E-state index in [1.165, 1.54) is 16.7 Å². The maximum Gasteiger partial charge on any atom is 0.183 e. The summed E-state index contributed by atoms with van der Waals surface area (Å²) in [5.74, 6) is 0.364. The molecule has 6 atom stereocenters. The Labute approximate surface area is 245 Å². The Morgan fingerprint density at radius 2 is 1.41 bits per heavy atom. The molecular weight excluding hydrogens is 516 g/mol. The van der Waals surface area contributed by atoms with Gasteiger partial charge in [0.05, 0.1) is 38.1 Å². The van der Waals surface area contributed by atoms with Gasteiger partial charge in [0.1, 0.15) is 0 Å². The van der Waals surface area contributed by atoms with Gasteiger partial charge >= 0.3 is 0 Å². The number of aliphatic hydroxyl groups is 2. The van der Waals surface area contributed by atoms with Crippen LogP contribution in [0.2, 0.25) is 0 Å². The van der Waals surface area contributed by atoms with E-state index in [1.54, 1.807) is 0 Å². The lowest BCUT2D eigenvalue weighted by atomic mass is 9.51. The Kier molecular flexibility index (Phi) is 6.68.